The summed E-state index contributed by atoms with van der Waals surface area (Å²) in [6.07, 6.45) is 0. The average Bonchev–Trinajstić information content (AvgIpc) is 2.46. The van der Waals surface area contributed by atoms with Gasteiger partial charge in [-0.15, -0.1) is 0 Å². The Bertz CT molecular complexity index is 816. The number of alkyl halides is 3. The maximum absolute atomic E-state index is 12.5. The highest BCUT2D eigenvalue weighted by Gasteiger charge is 2.46. The molecule has 2 aromatic carbocycles. The molecule has 2 rings (SSSR count). The van der Waals surface area contributed by atoms with Crippen molar-refractivity contribution in [2.75, 3.05) is 4.72 Å². The first kappa shape index (κ1) is 17.4. The molecule has 0 radical (unpaired) electrons. The van der Waals surface area contributed by atoms with Gasteiger partial charge in [0.2, 0.25) is 0 Å². The largest absolute Gasteiger partial charge is 0.501 e. The molecule has 0 saturated heterocycles. The molecule has 23 heavy (non-hydrogen) atoms. The van der Waals surface area contributed by atoms with E-state index in [0.717, 1.165) is 12.1 Å². The lowest BCUT2D eigenvalue weighted by molar-refractivity contribution is -0.0436. The van der Waals surface area contributed by atoms with Crippen molar-refractivity contribution in [3.8, 4) is 11.1 Å². The molecule has 10 heteroatoms. The molecule has 1 atom stereocenters. The first-order valence-electron chi connectivity index (χ1n) is 6.00. The molecule has 0 aliphatic heterocycles. The van der Waals surface area contributed by atoms with E-state index in [1.807, 2.05) is 0 Å². The maximum Gasteiger partial charge on any atom is 0.501 e. The summed E-state index contributed by atoms with van der Waals surface area (Å²) >= 11 is -2.21. The Balaban J connectivity index is 2.28. The summed E-state index contributed by atoms with van der Waals surface area (Å²) in [6.45, 7) is 0. The Kier molecular flexibility index (Phi) is 4.78. The third kappa shape index (κ3) is 3.89. The predicted molar refractivity (Wildman–Crippen MR) is 79.5 cm³/mol. The number of benzene rings is 2. The zero-order chi connectivity index (χ0) is 17.3. The molecule has 2 N–H and O–H groups in total. The van der Waals surface area contributed by atoms with Gasteiger partial charge in [0.05, 0.1) is 4.90 Å². The van der Waals surface area contributed by atoms with Gasteiger partial charge in [-0.05, 0) is 35.4 Å². The van der Waals surface area contributed by atoms with Gasteiger partial charge in [-0.2, -0.15) is 13.2 Å². The Hall–Kier alpha value is -1.91. The zero-order valence-electron chi connectivity index (χ0n) is 11.2. The molecule has 2 aromatic rings. The Morgan fingerprint density at radius 2 is 1.35 bits per heavy atom. The highest BCUT2D eigenvalue weighted by molar-refractivity contribution is 7.92. The molecule has 0 amide bonds. The second-order valence-corrected chi connectivity index (χ2v) is 7.05. The van der Waals surface area contributed by atoms with Crippen LogP contribution in [0.25, 0.3) is 11.1 Å². The predicted octanol–water partition coefficient (Wildman–Crippen LogP) is 3.20. The number of hydrogen-bond donors (Lipinski definition) is 2. The molecular formula is C13H10F3NO4S2. The van der Waals surface area contributed by atoms with Crippen molar-refractivity contribution in [3.05, 3.63) is 48.5 Å². The average molecular weight is 365 g/mol. The Morgan fingerprint density at radius 3 is 1.74 bits per heavy atom. The van der Waals surface area contributed by atoms with E-state index >= 15 is 0 Å². The van der Waals surface area contributed by atoms with E-state index in [0.29, 0.717) is 16.8 Å². The van der Waals surface area contributed by atoms with Crippen molar-refractivity contribution in [1.82, 2.24) is 0 Å². The normalized spacial score (nSPS) is 13.6. The third-order valence-corrected chi connectivity index (χ3v) is 4.81. The standard InChI is InChI=1S/C13H10F3NO4S2/c14-13(15,16)23(20,21)12-7-3-10(4-8-12)9-1-5-11(6-2-9)17-22(18)19/h1-8,17H,(H,18,19). The van der Waals surface area contributed by atoms with Gasteiger partial charge in [0.1, 0.15) is 0 Å². The summed E-state index contributed by atoms with van der Waals surface area (Å²) in [5.41, 5.74) is -3.86. The fraction of sp³-hybridized carbons (Fsp3) is 0.0769. The lowest BCUT2D eigenvalue weighted by atomic mass is 10.1. The van der Waals surface area contributed by atoms with E-state index in [4.69, 9.17) is 4.55 Å². The highest BCUT2D eigenvalue weighted by atomic mass is 32.2. The molecule has 0 heterocycles. The summed E-state index contributed by atoms with van der Waals surface area (Å²) in [5.74, 6) is 0. The summed E-state index contributed by atoms with van der Waals surface area (Å²) in [5, 5.41) is 0. The summed E-state index contributed by atoms with van der Waals surface area (Å²) in [7, 11) is -5.37. The Labute approximate surface area is 132 Å². The minimum atomic E-state index is -5.37. The highest BCUT2D eigenvalue weighted by Crippen LogP contribution is 2.31. The van der Waals surface area contributed by atoms with Crippen LogP contribution in [0.4, 0.5) is 18.9 Å². The molecule has 0 saturated carbocycles. The molecule has 124 valence electrons. The molecule has 1 unspecified atom stereocenters. The van der Waals surface area contributed by atoms with Gasteiger partial charge in [-0.3, -0.25) is 9.27 Å². The van der Waals surface area contributed by atoms with Crippen LogP contribution in [0.15, 0.2) is 53.4 Å². The van der Waals surface area contributed by atoms with E-state index in [9.17, 15) is 25.8 Å². The fourth-order valence-electron chi connectivity index (χ4n) is 1.79. The molecule has 5 nitrogen and oxygen atoms in total. The molecule has 0 aromatic heterocycles. The van der Waals surface area contributed by atoms with Gasteiger partial charge in [0.25, 0.3) is 21.1 Å². The van der Waals surface area contributed by atoms with E-state index in [1.165, 1.54) is 24.3 Å². The SMILES string of the molecule is O=S(O)Nc1ccc(-c2ccc(S(=O)(=O)C(F)(F)F)cc2)cc1. The van der Waals surface area contributed by atoms with E-state index in [2.05, 4.69) is 4.72 Å². The Morgan fingerprint density at radius 1 is 0.913 bits per heavy atom. The zero-order valence-corrected chi connectivity index (χ0v) is 12.9. The van der Waals surface area contributed by atoms with Crippen LogP contribution in [0.2, 0.25) is 0 Å². The molecule has 0 aliphatic rings. The molecule has 0 aliphatic carbocycles. The van der Waals surface area contributed by atoms with Gasteiger partial charge in [-0.1, -0.05) is 24.3 Å². The van der Waals surface area contributed by atoms with Crippen molar-refractivity contribution in [1.29, 1.82) is 0 Å². The molecule has 0 spiro atoms. The third-order valence-electron chi connectivity index (χ3n) is 2.89. The first-order chi connectivity index (χ1) is 10.6. The van der Waals surface area contributed by atoms with Crippen LogP contribution in [0.1, 0.15) is 0 Å². The van der Waals surface area contributed by atoms with Crippen molar-refractivity contribution in [2.45, 2.75) is 10.4 Å². The van der Waals surface area contributed by atoms with Gasteiger partial charge in [0, 0.05) is 5.69 Å². The van der Waals surface area contributed by atoms with Crippen LogP contribution >= 0.6 is 0 Å². The van der Waals surface area contributed by atoms with Gasteiger partial charge in [0.15, 0.2) is 0 Å². The van der Waals surface area contributed by atoms with Crippen LogP contribution in [0, 0.1) is 0 Å². The monoisotopic (exact) mass is 365 g/mol. The smallest absolute Gasteiger partial charge is 0.289 e. The second kappa shape index (κ2) is 6.30. The van der Waals surface area contributed by atoms with Crippen molar-refractivity contribution >= 4 is 26.8 Å². The topological polar surface area (TPSA) is 83.5 Å². The summed E-state index contributed by atoms with van der Waals surface area (Å²) < 4.78 is 81.4. The van der Waals surface area contributed by atoms with Crippen LogP contribution in [-0.4, -0.2) is 22.7 Å². The first-order valence-corrected chi connectivity index (χ1v) is 8.59. The number of halogens is 3. The quantitative estimate of drug-likeness (QED) is 0.815. The molecule has 0 bridgehead atoms. The summed E-state index contributed by atoms with van der Waals surface area (Å²) in [4.78, 5) is -0.831. The number of rotatable bonds is 4. The van der Waals surface area contributed by atoms with Gasteiger partial charge in [-0.25, -0.2) is 12.6 Å². The minimum Gasteiger partial charge on any atom is -0.289 e. The number of hydrogen-bond acceptors (Lipinski definition) is 3. The van der Waals surface area contributed by atoms with Crippen LogP contribution in [-0.2, 0) is 21.1 Å². The van der Waals surface area contributed by atoms with E-state index < -0.39 is 31.5 Å². The summed E-state index contributed by atoms with van der Waals surface area (Å²) in [6, 6.07) is 10.4. The second-order valence-electron chi connectivity index (χ2n) is 4.40. The van der Waals surface area contributed by atoms with Crippen LogP contribution in [0.5, 0.6) is 0 Å². The van der Waals surface area contributed by atoms with Crippen molar-refractivity contribution in [3.63, 3.8) is 0 Å². The lowest BCUT2D eigenvalue weighted by Gasteiger charge is -2.09. The molecule has 0 fully saturated rings. The van der Waals surface area contributed by atoms with Gasteiger partial charge >= 0.3 is 5.51 Å². The van der Waals surface area contributed by atoms with Crippen LogP contribution in [0.3, 0.4) is 0 Å². The number of nitrogens with one attached hydrogen (secondary N) is 1. The lowest BCUT2D eigenvalue weighted by Crippen LogP contribution is -2.23. The van der Waals surface area contributed by atoms with E-state index in [-0.39, 0.29) is 0 Å². The number of anilines is 1. The van der Waals surface area contributed by atoms with E-state index in [1.54, 1.807) is 12.1 Å². The van der Waals surface area contributed by atoms with Crippen LogP contribution < -0.4 is 4.72 Å². The van der Waals surface area contributed by atoms with Crippen molar-refractivity contribution < 1.29 is 30.4 Å². The van der Waals surface area contributed by atoms with Gasteiger partial charge < -0.3 is 0 Å². The number of sulfone groups is 1. The molecular weight excluding hydrogens is 355 g/mol. The fourth-order valence-corrected chi connectivity index (χ4v) is 2.89. The maximum atomic E-state index is 12.5. The van der Waals surface area contributed by atoms with Crippen molar-refractivity contribution in [2.24, 2.45) is 0 Å². The minimum absolute atomic E-state index is 0.380.